The molecule has 0 unspecified atom stereocenters. The highest BCUT2D eigenvalue weighted by atomic mass is 16.5. The predicted octanol–water partition coefficient (Wildman–Crippen LogP) is -0.206. The number of hydrogen-bond donors (Lipinski definition) is 1. The van der Waals surface area contributed by atoms with Crippen molar-refractivity contribution < 1.29 is 19.0 Å². The third-order valence-electron chi connectivity index (χ3n) is 2.67. The first-order valence-electron chi connectivity index (χ1n) is 6.06. The van der Waals surface area contributed by atoms with Crippen molar-refractivity contribution in [1.29, 1.82) is 0 Å². The monoisotopic (exact) mass is 285 g/mol. The molecule has 1 aromatic heterocycles. The number of aromatic amines is 1. The van der Waals surface area contributed by atoms with Crippen LogP contribution in [-0.4, -0.2) is 57.0 Å². The number of H-pyrrole nitrogens is 1. The number of carbonyl (C=O) groups is 1. The van der Waals surface area contributed by atoms with E-state index in [1.165, 1.54) is 20.5 Å². The lowest BCUT2D eigenvalue weighted by Gasteiger charge is -2.23. The molecule has 0 spiro atoms. The average molecular weight is 285 g/mol. The second-order valence-electron chi connectivity index (χ2n) is 3.89. The van der Waals surface area contributed by atoms with Gasteiger partial charge in [0.1, 0.15) is 0 Å². The molecule has 0 fully saturated rings. The average Bonchev–Trinajstić information content (AvgIpc) is 2.46. The molecule has 0 aliphatic heterocycles. The van der Waals surface area contributed by atoms with Gasteiger partial charge in [-0.15, -0.1) is 0 Å². The van der Waals surface area contributed by atoms with Gasteiger partial charge in [0, 0.05) is 20.2 Å². The van der Waals surface area contributed by atoms with Gasteiger partial charge in [0.2, 0.25) is 5.75 Å². The van der Waals surface area contributed by atoms with Crippen LogP contribution >= 0.6 is 0 Å². The van der Waals surface area contributed by atoms with E-state index in [4.69, 9.17) is 9.47 Å². The van der Waals surface area contributed by atoms with Gasteiger partial charge in [-0.3, -0.25) is 9.59 Å². The molecule has 8 heteroatoms. The van der Waals surface area contributed by atoms with Gasteiger partial charge < -0.3 is 24.1 Å². The lowest BCUT2D eigenvalue weighted by atomic mass is 10.3. The first-order valence-corrected chi connectivity index (χ1v) is 6.06. The molecule has 0 aromatic carbocycles. The van der Waals surface area contributed by atoms with Crippen molar-refractivity contribution in [3.05, 3.63) is 16.7 Å². The molecule has 0 aliphatic carbocycles. The summed E-state index contributed by atoms with van der Waals surface area (Å²) in [6.07, 6.45) is 1.47. The van der Waals surface area contributed by atoms with Crippen LogP contribution < -0.4 is 15.2 Å². The van der Waals surface area contributed by atoms with E-state index in [-0.39, 0.29) is 23.7 Å². The number of rotatable bonds is 8. The van der Waals surface area contributed by atoms with E-state index >= 15 is 0 Å². The summed E-state index contributed by atoms with van der Waals surface area (Å²) in [4.78, 5) is 31.2. The molecule has 0 bridgehead atoms. The van der Waals surface area contributed by atoms with E-state index in [2.05, 4.69) is 14.7 Å². The van der Waals surface area contributed by atoms with Gasteiger partial charge in [0.05, 0.1) is 33.6 Å². The summed E-state index contributed by atoms with van der Waals surface area (Å²) >= 11 is 0. The van der Waals surface area contributed by atoms with Crippen LogP contribution in [0.15, 0.2) is 11.1 Å². The quantitative estimate of drug-likeness (QED) is 0.661. The fourth-order valence-electron chi connectivity index (χ4n) is 1.64. The van der Waals surface area contributed by atoms with Crippen LogP contribution in [0.1, 0.15) is 6.42 Å². The molecule has 0 aliphatic rings. The Morgan fingerprint density at radius 3 is 2.70 bits per heavy atom. The van der Waals surface area contributed by atoms with Gasteiger partial charge in [0.15, 0.2) is 5.82 Å². The summed E-state index contributed by atoms with van der Waals surface area (Å²) < 4.78 is 14.7. The fraction of sp³-hybridized carbons (Fsp3) is 0.583. The van der Waals surface area contributed by atoms with Crippen LogP contribution in [0, 0.1) is 0 Å². The topological polar surface area (TPSA) is 93.7 Å². The minimum atomic E-state index is -0.377. The minimum Gasteiger partial charge on any atom is -0.489 e. The van der Waals surface area contributed by atoms with Gasteiger partial charge in [-0.2, -0.15) is 0 Å². The zero-order valence-electron chi connectivity index (χ0n) is 11.8. The van der Waals surface area contributed by atoms with Gasteiger partial charge in [-0.05, 0) is 0 Å². The number of aromatic nitrogens is 2. The Morgan fingerprint density at radius 1 is 1.35 bits per heavy atom. The van der Waals surface area contributed by atoms with Crippen LogP contribution in [0.5, 0.6) is 5.75 Å². The molecular weight excluding hydrogens is 266 g/mol. The summed E-state index contributed by atoms with van der Waals surface area (Å²) in [5.74, 6) is 0.141. The molecule has 1 N–H and O–H groups in total. The van der Waals surface area contributed by atoms with Gasteiger partial charge >= 0.3 is 5.97 Å². The van der Waals surface area contributed by atoms with Gasteiger partial charge in [-0.1, -0.05) is 0 Å². The van der Waals surface area contributed by atoms with E-state index in [1.54, 1.807) is 12.0 Å². The van der Waals surface area contributed by atoms with E-state index in [0.29, 0.717) is 25.5 Å². The van der Waals surface area contributed by atoms with Crippen LogP contribution in [0.25, 0.3) is 0 Å². The third kappa shape index (κ3) is 4.23. The van der Waals surface area contributed by atoms with E-state index < -0.39 is 0 Å². The summed E-state index contributed by atoms with van der Waals surface area (Å²) in [6.45, 7) is 1.25. The Hall–Kier alpha value is -2.09. The summed E-state index contributed by atoms with van der Waals surface area (Å²) in [7, 11) is 4.29. The molecule has 1 aromatic rings. The molecule has 112 valence electrons. The van der Waals surface area contributed by atoms with Crippen LogP contribution in [0.3, 0.4) is 0 Å². The summed E-state index contributed by atoms with van der Waals surface area (Å²) in [6, 6.07) is 0. The Morgan fingerprint density at radius 2 is 2.10 bits per heavy atom. The van der Waals surface area contributed by atoms with E-state index in [0.717, 1.165) is 0 Å². The number of nitrogens with zero attached hydrogens (tertiary/aromatic N) is 2. The molecule has 0 radical (unpaired) electrons. The van der Waals surface area contributed by atoms with E-state index in [9.17, 15) is 9.59 Å². The highest BCUT2D eigenvalue weighted by Crippen LogP contribution is 2.20. The lowest BCUT2D eigenvalue weighted by molar-refractivity contribution is -0.140. The first kappa shape index (κ1) is 16.0. The van der Waals surface area contributed by atoms with Crippen molar-refractivity contribution >= 4 is 11.8 Å². The maximum absolute atomic E-state index is 11.7. The Kier molecular flexibility index (Phi) is 6.51. The van der Waals surface area contributed by atoms with Crippen LogP contribution in [0.2, 0.25) is 0 Å². The zero-order chi connectivity index (χ0) is 15.0. The highest BCUT2D eigenvalue weighted by molar-refractivity contribution is 5.70. The summed E-state index contributed by atoms with van der Waals surface area (Å²) in [5.41, 5.74) is -0.377. The summed E-state index contributed by atoms with van der Waals surface area (Å²) in [5, 5.41) is 0. The third-order valence-corrected chi connectivity index (χ3v) is 2.67. The van der Waals surface area contributed by atoms with Crippen LogP contribution in [-0.2, 0) is 14.3 Å². The number of ether oxygens (including phenoxy) is 3. The molecule has 0 atom stereocenters. The molecule has 1 heterocycles. The van der Waals surface area contributed by atoms with Gasteiger partial charge in [0.25, 0.3) is 5.56 Å². The molecule has 0 saturated carbocycles. The fourth-order valence-corrected chi connectivity index (χ4v) is 1.64. The Balaban J connectivity index is 2.94. The number of carbonyl (C=O) groups excluding carboxylic acids is 1. The standard InChI is InChI=1S/C12H19N3O5/c1-18-7-6-15(5-4-9(16)19-2)11-10(20-3)12(17)14-8-13-11/h8H,4-7H2,1-3H3,(H,13,14,17). The van der Waals surface area contributed by atoms with Crippen molar-refractivity contribution in [2.75, 3.05) is 45.9 Å². The SMILES string of the molecule is COCCN(CCC(=O)OC)c1nc[nH]c(=O)c1OC. The Bertz CT molecular complexity index is 488. The Labute approximate surface area is 116 Å². The van der Waals surface area contributed by atoms with Crippen molar-refractivity contribution in [2.45, 2.75) is 6.42 Å². The highest BCUT2D eigenvalue weighted by Gasteiger charge is 2.17. The van der Waals surface area contributed by atoms with Crippen molar-refractivity contribution in [3.63, 3.8) is 0 Å². The zero-order valence-corrected chi connectivity index (χ0v) is 11.8. The number of anilines is 1. The normalized spacial score (nSPS) is 10.2. The number of esters is 1. The predicted molar refractivity (Wildman–Crippen MR) is 72.1 cm³/mol. The molecule has 20 heavy (non-hydrogen) atoms. The largest absolute Gasteiger partial charge is 0.489 e. The van der Waals surface area contributed by atoms with Crippen LogP contribution in [0.4, 0.5) is 5.82 Å². The number of hydrogen-bond acceptors (Lipinski definition) is 7. The first-order chi connectivity index (χ1) is 9.63. The molecule has 0 saturated heterocycles. The van der Waals surface area contributed by atoms with E-state index in [1.807, 2.05) is 0 Å². The maximum Gasteiger partial charge on any atom is 0.307 e. The van der Waals surface area contributed by atoms with Crippen molar-refractivity contribution in [2.24, 2.45) is 0 Å². The number of methoxy groups -OCH3 is 3. The van der Waals surface area contributed by atoms with Gasteiger partial charge in [-0.25, -0.2) is 4.98 Å². The van der Waals surface area contributed by atoms with Crippen molar-refractivity contribution in [1.82, 2.24) is 9.97 Å². The smallest absolute Gasteiger partial charge is 0.307 e. The molecule has 1 rings (SSSR count). The number of nitrogens with one attached hydrogen (secondary N) is 1. The van der Waals surface area contributed by atoms with Crippen molar-refractivity contribution in [3.8, 4) is 5.75 Å². The second-order valence-corrected chi connectivity index (χ2v) is 3.89. The second kappa shape index (κ2) is 8.16. The molecule has 8 nitrogen and oxygen atoms in total. The minimum absolute atomic E-state index is 0.105. The molecular formula is C12H19N3O5. The maximum atomic E-state index is 11.7. The lowest BCUT2D eigenvalue weighted by Crippen LogP contribution is -2.32. The molecule has 0 amide bonds.